The van der Waals surface area contributed by atoms with Gasteiger partial charge < -0.3 is 4.57 Å². The van der Waals surface area contributed by atoms with E-state index >= 15 is 0 Å². The predicted octanol–water partition coefficient (Wildman–Crippen LogP) is 5.29. The quantitative estimate of drug-likeness (QED) is 0.452. The number of para-hydroxylation sites is 2. The summed E-state index contributed by atoms with van der Waals surface area (Å²) in [6.07, 6.45) is 1.77. The zero-order valence-corrected chi connectivity index (χ0v) is 15.7. The molecule has 0 spiro atoms. The van der Waals surface area contributed by atoms with E-state index in [9.17, 15) is 0 Å². The molecule has 0 aliphatic rings. The van der Waals surface area contributed by atoms with E-state index in [0.717, 1.165) is 28.2 Å². The Balaban J connectivity index is 1.53. The number of nitrogens with one attached hydrogen (secondary N) is 1. The molecule has 29 heavy (non-hydrogen) atoms. The number of hydrogen-bond donors (Lipinski definition) is 1. The molecule has 3 aromatic carbocycles. The predicted molar refractivity (Wildman–Crippen MR) is 116 cm³/mol. The first kappa shape index (κ1) is 17.1. The van der Waals surface area contributed by atoms with E-state index in [2.05, 4.69) is 38.1 Å². The number of nitrogens with zero attached hydrogens (tertiary/aromatic N) is 4. The van der Waals surface area contributed by atoms with Crippen molar-refractivity contribution in [1.82, 2.24) is 19.5 Å². The fraction of sp³-hybridized carbons (Fsp3) is 0.0417. The SMILES string of the molecule is c1ccc(Cn2c(Nc3nccc(-c4ccccc4)n3)nc3ccccc32)cc1. The van der Waals surface area contributed by atoms with E-state index in [0.29, 0.717) is 12.5 Å². The second kappa shape index (κ2) is 7.56. The summed E-state index contributed by atoms with van der Waals surface area (Å²) in [5.41, 5.74) is 5.13. The summed E-state index contributed by atoms with van der Waals surface area (Å²) in [4.78, 5) is 13.9. The molecule has 0 aliphatic carbocycles. The Hall–Kier alpha value is -3.99. The first-order chi connectivity index (χ1) is 14.4. The molecule has 0 fully saturated rings. The lowest BCUT2D eigenvalue weighted by Gasteiger charge is -2.11. The van der Waals surface area contributed by atoms with E-state index in [1.54, 1.807) is 6.20 Å². The summed E-state index contributed by atoms with van der Waals surface area (Å²) in [7, 11) is 0. The molecule has 0 unspecified atom stereocenters. The number of rotatable bonds is 5. The van der Waals surface area contributed by atoms with Gasteiger partial charge in [0.1, 0.15) is 0 Å². The highest BCUT2D eigenvalue weighted by Gasteiger charge is 2.12. The fourth-order valence-electron chi connectivity index (χ4n) is 3.39. The molecule has 5 aromatic rings. The zero-order chi connectivity index (χ0) is 19.5. The maximum absolute atomic E-state index is 4.78. The molecule has 0 bridgehead atoms. The molecule has 2 heterocycles. The molecule has 0 atom stereocenters. The van der Waals surface area contributed by atoms with Crippen molar-refractivity contribution in [3.05, 3.63) is 103 Å². The highest BCUT2D eigenvalue weighted by Crippen LogP contribution is 2.24. The van der Waals surface area contributed by atoms with Crippen LogP contribution in [0.25, 0.3) is 22.3 Å². The maximum atomic E-state index is 4.78. The van der Waals surface area contributed by atoms with Gasteiger partial charge in [-0.2, -0.15) is 0 Å². The standard InChI is InChI=1S/C24H19N5/c1-3-9-18(10-4-1)17-29-22-14-8-7-13-21(22)27-24(29)28-23-25-16-15-20(26-23)19-11-5-2-6-12-19/h1-16H,17H2,(H,25,26,27,28). The number of hydrogen-bond acceptors (Lipinski definition) is 4. The number of anilines is 2. The van der Waals surface area contributed by atoms with E-state index in [4.69, 9.17) is 4.98 Å². The van der Waals surface area contributed by atoms with Gasteiger partial charge in [-0.25, -0.2) is 15.0 Å². The number of aromatic nitrogens is 4. The molecule has 0 radical (unpaired) electrons. The van der Waals surface area contributed by atoms with Crippen LogP contribution in [0.4, 0.5) is 11.9 Å². The van der Waals surface area contributed by atoms with Crippen molar-refractivity contribution < 1.29 is 0 Å². The second-order valence-corrected chi connectivity index (χ2v) is 6.75. The van der Waals surface area contributed by atoms with Gasteiger partial charge in [0.05, 0.1) is 23.3 Å². The highest BCUT2D eigenvalue weighted by atomic mass is 15.3. The summed E-state index contributed by atoms with van der Waals surface area (Å²) in [5, 5.41) is 3.32. The van der Waals surface area contributed by atoms with E-state index in [1.165, 1.54) is 5.56 Å². The van der Waals surface area contributed by atoms with Crippen LogP contribution < -0.4 is 5.32 Å². The van der Waals surface area contributed by atoms with Gasteiger partial charge in [0, 0.05) is 11.8 Å². The Morgan fingerprint density at radius 3 is 2.28 bits per heavy atom. The fourth-order valence-corrected chi connectivity index (χ4v) is 3.39. The van der Waals surface area contributed by atoms with Crippen molar-refractivity contribution in [3.63, 3.8) is 0 Å². The Morgan fingerprint density at radius 1 is 0.724 bits per heavy atom. The average molecular weight is 377 g/mol. The molecule has 140 valence electrons. The van der Waals surface area contributed by atoms with Crippen molar-refractivity contribution >= 4 is 22.9 Å². The Morgan fingerprint density at radius 2 is 1.45 bits per heavy atom. The largest absolute Gasteiger partial charge is 0.305 e. The van der Waals surface area contributed by atoms with Crippen molar-refractivity contribution in [1.29, 1.82) is 0 Å². The smallest absolute Gasteiger partial charge is 0.230 e. The molecule has 0 aliphatic heterocycles. The van der Waals surface area contributed by atoms with E-state index in [1.807, 2.05) is 72.8 Å². The van der Waals surface area contributed by atoms with Crippen LogP contribution in [0.3, 0.4) is 0 Å². The topological polar surface area (TPSA) is 55.6 Å². The Kier molecular flexibility index (Phi) is 4.47. The molecule has 5 heteroatoms. The van der Waals surface area contributed by atoms with Gasteiger partial charge in [0.25, 0.3) is 0 Å². The zero-order valence-electron chi connectivity index (χ0n) is 15.7. The lowest BCUT2D eigenvalue weighted by molar-refractivity contribution is 0.832. The van der Waals surface area contributed by atoms with Gasteiger partial charge in [0.15, 0.2) is 0 Å². The molecular weight excluding hydrogens is 358 g/mol. The summed E-state index contributed by atoms with van der Waals surface area (Å²) >= 11 is 0. The van der Waals surface area contributed by atoms with Crippen molar-refractivity contribution in [2.24, 2.45) is 0 Å². The monoisotopic (exact) mass is 377 g/mol. The van der Waals surface area contributed by atoms with Crippen LogP contribution in [0.5, 0.6) is 0 Å². The normalized spacial score (nSPS) is 10.9. The third kappa shape index (κ3) is 3.58. The summed E-state index contributed by atoms with van der Waals surface area (Å²) in [5.74, 6) is 1.25. The highest BCUT2D eigenvalue weighted by molar-refractivity contribution is 5.79. The van der Waals surface area contributed by atoms with Crippen LogP contribution in [0.15, 0.2) is 97.2 Å². The first-order valence-corrected chi connectivity index (χ1v) is 9.51. The maximum Gasteiger partial charge on any atom is 0.230 e. The third-order valence-electron chi connectivity index (χ3n) is 4.79. The van der Waals surface area contributed by atoms with Crippen LogP contribution in [0.2, 0.25) is 0 Å². The van der Waals surface area contributed by atoms with Crippen LogP contribution in [0, 0.1) is 0 Å². The van der Waals surface area contributed by atoms with Gasteiger partial charge in [-0.1, -0.05) is 72.8 Å². The lowest BCUT2D eigenvalue weighted by Crippen LogP contribution is -2.07. The van der Waals surface area contributed by atoms with Crippen LogP contribution >= 0.6 is 0 Å². The summed E-state index contributed by atoms with van der Waals surface area (Å²) in [6, 6.07) is 30.5. The van der Waals surface area contributed by atoms with E-state index < -0.39 is 0 Å². The van der Waals surface area contributed by atoms with Crippen LogP contribution in [-0.4, -0.2) is 19.5 Å². The minimum atomic E-state index is 0.524. The summed E-state index contributed by atoms with van der Waals surface area (Å²) < 4.78 is 2.16. The molecule has 2 aromatic heterocycles. The Labute approximate surface area is 168 Å². The first-order valence-electron chi connectivity index (χ1n) is 9.51. The van der Waals surface area contributed by atoms with Gasteiger partial charge in [-0.15, -0.1) is 0 Å². The molecule has 5 rings (SSSR count). The Bertz CT molecular complexity index is 1250. The van der Waals surface area contributed by atoms with Crippen LogP contribution in [-0.2, 0) is 6.54 Å². The van der Waals surface area contributed by atoms with Gasteiger partial charge in [-0.05, 0) is 23.8 Å². The lowest BCUT2D eigenvalue weighted by atomic mass is 10.1. The number of benzene rings is 3. The third-order valence-corrected chi connectivity index (χ3v) is 4.79. The average Bonchev–Trinajstić information content (AvgIpc) is 3.12. The van der Waals surface area contributed by atoms with Crippen molar-refractivity contribution in [2.75, 3.05) is 5.32 Å². The van der Waals surface area contributed by atoms with Gasteiger partial charge >= 0.3 is 0 Å². The summed E-state index contributed by atoms with van der Waals surface area (Å²) in [6.45, 7) is 0.710. The van der Waals surface area contributed by atoms with Gasteiger partial charge in [0.2, 0.25) is 11.9 Å². The molecular formula is C24H19N5. The molecule has 0 saturated heterocycles. The van der Waals surface area contributed by atoms with Crippen molar-refractivity contribution in [3.8, 4) is 11.3 Å². The second-order valence-electron chi connectivity index (χ2n) is 6.75. The molecule has 1 N–H and O–H groups in total. The van der Waals surface area contributed by atoms with Crippen LogP contribution in [0.1, 0.15) is 5.56 Å². The van der Waals surface area contributed by atoms with Crippen molar-refractivity contribution in [2.45, 2.75) is 6.54 Å². The molecule has 0 amide bonds. The minimum absolute atomic E-state index is 0.524. The molecule has 0 saturated carbocycles. The minimum Gasteiger partial charge on any atom is -0.305 e. The molecule has 5 nitrogen and oxygen atoms in total. The number of imidazole rings is 1. The number of fused-ring (bicyclic) bond motifs is 1. The van der Waals surface area contributed by atoms with E-state index in [-0.39, 0.29) is 0 Å². The van der Waals surface area contributed by atoms with Gasteiger partial charge in [-0.3, -0.25) is 5.32 Å².